The first-order valence-corrected chi connectivity index (χ1v) is 17.9. The normalized spacial score (nSPS) is 14.1. The number of aliphatic hydroxyl groups is 2. The zero-order chi connectivity index (χ0) is 37.3. The number of methoxy groups -OCH3 is 2. The number of aromatic hydroxyl groups is 2. The van der Waals surface area contributed by atoms with Gasteiger partial charge in [0.2, 0.25) is 0 Å². The third kappa shape index (κ3) is 8.93. The maximum absolute atomic E-state index is 14.2. The van der Waals surface area contributed by atoms with Crippen molar-refractivity contribution in [2.45, 2.75) is 51.0 Å². The van der Waals surface area contributed by atoms with Crippen molar-refractivity contribution in [1.29, 1.82) is 0 Å². The highest BCUT2D eigenvalue weighted by Crippen LogP contribution is 2.38. The molecule has 6 rings (SSSR count). The summed E-state index contributed by atoms with van der Waals surface area (Å²) in [6, 6.07) is 22.7. The molecule has 4 aromatic carbocycles. The molecule has 1 aliphatic heterocycles. The third-order valence-electron chi connectivity index (χ3n) is 10.2. The third-order valence-corrected chi connectivity index (χ3v) is 10.2. The summed E-state index contributed by atoms with van der Waals surface area (Å²) in [5, 5.41) is 45.0. The number of carbonyl (C=O) groups is 1. The van der Waals surface area contributed by atoms with E-state index in [1.807, 2.05) is 36.4 Å². The Morgan fingerprint density at radius 2 is 1.66 bits per heavy atom. The van der Waals surface area contributed by atoms with Crippen LogP contribution in [-0.4, -0.2) is 59.4 Å². The molecular formula is C44H46N2O7. The Bertz CT molecular complexity index is 2080. The van der Waals surface area contributed by atoms with Gasteiger partial charge >= 0.3 is 0 Å². The quantitative estimate of drug-likeness (QED) is 0.0755. The zero-order valence-corrected chi connectivity index (χ0v) is 30.1. The lowest BCUT2D eigenvalue weighted by Gasteiger charge is -2.26. The summed E-state index contributed by atoms with van der Waals surface area (Å²) in [6.07, 6.45) is 8.79. The predicted octanol–water partition coefficient (Wildman–Crippen LogP) is 6.49. The van der Waals surface area contributed by atoms with Crippen LogP contribution in [0.15, 0.2) is 102 Å². The van der Waals surface area contributed by atoms with E-state index >= 15 is 0 Å². The summed E-state index contributed by atoms with van der Waals surface area (Å²) >= 11 is 0. The molecule has 9 nitrogen and oxygen atoms in total. The molecule has 0 spiro atoms. The van der Waals surface area contributed by atoms with Crippen molar-refractivity contribution in [1.82, 2.24) is 4.98 Å². The molecule has 0 radical (unpaired) electrons. The Balaban J connectivity index is 1.31. The number of nitrogens with zero attached hydrogens (tertiary/aromatic N) is 2. The van der Waals surface area contributed by atoms with Gasteiger partial charge in [0.05, 0.1) is 26.4 Å². The number of aliphatic imine (C=N–C) groups is 1. The summed E-state index contributed by atoms with van der Waals surface area (Å²) in [7, 11) is 3.02. The molecule has 1 aromatic heterocycles. The molecule has 0 aliphatic carbocycles. The second kappa shape index (κ2) is 17.3. The minimum Gasteiger partial charge on any atom is -0.670 e. The van der Waals surface area contributed by atoms with Gasteiger partial charge in [-0.1, -0.05) is 60.2 Å². The summed E-state index contributed by atoms with van der Waals surface area (Å²) < 4.78 is 11.1. The molecule has 4 N–H and O–H groups in total. The van der Waals surface area contributed by atoms with E-state index in [9.17, 15) is 25.2 Å². The molecule has 5 aromatic rings. The van der Waals surface area contributed by atoms with Crippen LogP contribution in [-0.2, 0) is 36.9 Å². The van der Waals surface area contributed by atoms with Crippen LogP contribution in [0, 0.1) is 18.4 Å². The van der Waals surface area contributed by atoms with Gasteiger partial charge in [-0.25, -0.2) is 0 Å². The number of fused-ring (bicyclic) bond motifs is 1. The maximum atomic E-state index is 14.2. The highest BCUT2D eigenvalue weighted by atomic mass is 16.5. The topological polar surface area (TPSA) is 143 Å². The summed E-state index contributed by atoms with van der Waals surface area (Å²) in [5.74, 6) is -0.156. The van der Waals surface area contributed by atoms with Crippen molar-refractivity contribution in [3.63, 3.8) is 0 Å². The Morgan fingerprint density at radius 1 is 0.868 bits per heavy atom. The largest absolute Gasteiger partial charge is 0.670 e. The standard InChI is InChI=1S/C44H46N2O7/c1-52-42-22-28(9-11-38(42)48)19-35(20-29-13-16-45-26-29)40(50)25-41(51)36(21-30-14-17-46-27-30)23-33-10-12-39(49)44(53-2)37(33)24-34-8-4-6-31-5-3-7-32(15-18-47)43(31)34/h3-14,16-17,22,26-27,35-36,41,47-49,51H,15,18-21,23-25H2,1-2H3. The highest BCUT2D eigenvalue weighted by molar-refractivity contribution is 5.89. The molecule has 0 amide bonds. The molecular weight excluding hydrogens is 668 g/mol. The van der Waals surface area contributed by atoms with E-state index < -0.39 is 12.0 Å². The SMILES string of the molecule is COc1cc(CC(CC2=C[CH+]N=C2)C(=O)CC(O)C(Cc2cc[n-]c2)Cc2ccc(O)c(OC)c2Cc2cccc3cccc(CCO)c23)ccc1O. The molecule has 0 saturated heterocycles. The van der Waals surface area contributed by atoms with Crippen LogP contribution in [0.3, 0.4) is 0 Å². The number of phenolic OH excluding ortho intramolecular Hbond substituents is 2. The average molecular weight is 715 g/mol. The lowest BCUT2D eigenvalue weighted by molar-refractivity contribution is -0.125. The average Bonchev–Trinajstić information content (AvgIpc) is 3.88. The van der Waals surface area contributed by atoms with Gasteiger partial charge in [-0.15, -0.1) is 4.99 Å². The number of rotatable bonds is 18. The summed E-state index contributed by atoms with van der Waals surface area (Å²) in [4.78, 5) is 22.6. The van der Waals surface area contributed by atoms with Gasteiger partial charge in [-0.05, 0) is 82.8 Å². The van der Waals surface area contributed by atoms with Crippen LogP contribution in [0.25, 0.3) is 10.8 Å². The Hall–Kier alpha value is -5.51. The fraction of sp³-hybridized carbons (Fsp3) is 0.295. The van der Waals surface area contributed by atoms with Gasteiger partial charge < -0.3 is 34.9 Å². The van der Waals surface area contributed by atoms with Crippen LogP contribution in [0.5, 0.6) is 23.0 Å². The van der Waals surface area contributed by atoms with Gasteiger partial charge in [0.15, 0.2) is 29.2 Å². The first-order valence-electron chi connectivity index (χ1n) is 17.9. The number of ether oxygens (including phenoxy) is 2. The molecule has 274 valence electrons. The highest BCUT2D eigenvalue weighted by Gasteiger charge is 2.31. The van der Waals surface area contributed by atoms with Gasteiger partial charge in [-0.3, -0.25) is 4.79 Å². The molecule has 0 saturated carbocycles. The van der Waals surface area contributed by atoms with Crippen LogP contribution in [0.4, 0.5) is 0 Å². The number of Topliss-reactive ketones (excluding diaryl/α,β-unsaturated/α-hetero) is 1. The summed E-state index contributed by atoms with van der Waals surface area (Å²) in [5.41, 5.74) is 6.47. The van der Waals surface area contributed by atoms with Crippen molar-refractivity contribution in [3.8, 4) is 23.0 Å². The van der Waals surface area contributed by atoms with Crippen molar-refractivity contribution in [2.75, 3.05) is 20.8 Å². The van der Waals surface area contributed by atoms with E-state index in [0.29, 0.717) is 50.0 Å². The van der Waals surface area contributed by atoms with Crippen molar-refractivity contribution >= 4 is 22.8 Å². The van der Waals surface area contributed by atoms with Crippen LogP contribution < -0.4 is 14.5 Å². The maximum Gasteiger partial charge on any atom is 0.176 e. The van der Waals surface area contributed by atoms with Gasteiger partial charge in [0.1, 0.15) is 17.9 Å². The Labute approximate surface area is 310 Å². The fourth-order valence-electron chi connectivity index (χ4n) is 7.51. The molecule has 1 aliphatic rings. The number of phenols is 2. The minimum atomic E-state index is -0.992. The van der Waals surface area contributed by atoms with Crippen LogP contribution in [0.2, 0.25) is 0 Å². The van der Waals surface area contributed by atoms with Gasteiger partial charge in [0.25, 0.3) is 0 Å². The zero-order valence-electron chi connectivity index (χ0n) is 30.1. The van der Waals surface area contributed by atoms with Crippen LogP contribution in [0.1, 0.15) is 46.2 Å². The Morgan fingerprint density at radius 3 is 2.36 bits per heavy atom. The van der Waals surface area contributed by atoms with E-state index in [1.165, 1.54) is 14.2 Å². The molecule has 3 atom stereocenters. The minimum absolute atomic E-state index is 0.0188. The van der Waals surface area contributed by atoms with Crippen molar-refractivity contribution in [3.05, 3.63) is 137 Å². The number of aromatic nitrogens is 1. The number of hydrogen-bond donors (Lipinski definition) is 4. The number of aliphatic hydroxyl groups excluding tert-OH is 2. The van der Waals surface area contributed by atoms with Crippen molar-refractivity contribution in [2.24, 2.45) is 16.8 Å². The molecule has 0 fully saturated rings. The smallest absolute Gasteiger partial charge is 0.176 e. The number of ketones is 1. The number of benzene rings is 4. The van der Waals surface area contributed by atoms with E-state index in [1.54, 1.807) is 49.4 Å². The van der Waals surface area contributed by atoms with Crippen molar-refractivity contribution < 1.29 is 34.7 Å². The molecule has 53 heavy (non-hydrogen) atoms. The first-order chi connectivity index (χ1) is 25.8. The second-order valence-corrected chi connectivity index (χ2v) is 13.7. The van der Waals surface area contributed by atoms with E-state index in [4.69, 9.17) is 9.47 Å². The number of hydrogen-bond acceptors (Lipinski definition) is 8. The molecule has 0 bridgehead atoms. The number of allylic oxidation sites excluding steroid dienone is 1. The Kier molecular flexibility index (Phi) is 12.2. The van der Waals surface area contributed by atoms with Gasteiger partial charge in [-0.2, -0.15) is 12.4 Å². The fourth-order valence-corrected chi connectivity index (χ4v) is 7.51. The van der Waals surface area contributed by atoms with Crippen LogP contribution >= 0.6 is 0 Å². The number of carbonyl (C=O) groups excluding carboxylic acids is 1. The predicted molar refractivity (Wildman–Crippen MR) is 206 cm³/mol. The van der Waals surface area contributed by atoms with Gasteiger partial charge in [0, 0.05) is 37.4 Å². The lowest BCUT2D eigenvalue weighted by atomic mass is 9.81. The lowest BCUT2D eigenvalue weighted by Crippen LogP contribution is -2.31. The molecule has 3 unspecified atom stereocenters. The van der Waals surface area contributed by atoms with E-state index in [2.05, 4.69) is 28.2 Å². The van der Waals surface area contributed by atoms with E-state index in [0.717, 1.165) is 49.7 Å². The first kappa shape index (κ1) is 37.3. The summed E-state index contributed by atoms with van der Waals surface area (Å²) in [6.45, 7) is 1.73. The van der Waals surface area contributed by atoms with E-state index in [-0.39, 0.29) is 36.2 Å². The molecule has 9 heteroatoms. The molecule has 2 heterocycles. The monoisotopic (exact) mass is 714 g/mol. The second-order valence-electron chi connectivity index (χ2n) is 13.7.